The van der Waals surface area contributed by atoms with Crippen molar-refractivity contribution >= 4 is 16.6 Å². The third-order valence-corrected chi connectivity index (χ3v) is 13.9. The maximum atomic E-state index is 9.56. The molecule has 0 aliphatic heterocycles. The van der Waals surface area contributed by atoms with E-state index in [1.54, 1.807) is 12.3 Å². The standard InChI is InChI=1S/C17H35NO2Si2/c1-15(2,3)21(8,9)19-13-12-17(7,14-18)20-22(10,11)16(4,5)6/h12-13H,1-11H3/b13-12-. The van der Waals surface area contributed by atoms with Gasteiger partial charge < -0.3 is 8.85 Å². The minimum Gasteiger partial charge on any atom is -0.549 e. The van der Waals surface area contributed by atoms with Crippen molar-refractivity contribution in [2.24, 2.45) is 0 Å². The summed E-state index contributed by atoms with van der Waals surface area (Å²) in [6, 6.07) is 2.29. The minimum absolute atomic E-state index is 0.0687. The zero-order chi connectivity index (χ0) is 18.0. The van der Waals surface area contributed by atoms with Crippen LogP contribution in [0.25, 0.3) is 0 Å². The van der Waals surface area contributed by atoms with E-state index in [1.807, 2.05) is 6.92 Å². The van der Waals surface area contributed by atoms with Crippen LogP contribution >= 0.6 is 0 Å². The van der Waals surface area contributed by atoms with Crippen LogP contribution in [0.4, 0.5) is 0 Å². The molecule has 1 atom stereocenters. The molecule has 0 saturated carbocycles. The van der Waals surface area contributed by atoms with Crippen molar-refractivity contribution in [2.45, 2.75) is 90.3 Å². The Morgan fingerprint density at radius 2 is 1.23 bits per heavy atom. The Balaban J connectivity index is 5.15. The fourth-order valence-electron chi connectivity index (χ4n) is 1.29. The van der Waals surface area contributed by atoms with Crippen LogP contribution in [0.3, 0.4) is 0 Å². The fourth-order valence-corrected chi connectivity index (χ4v) is 3.53. The summed E-state index contributed by atoms with van der Waals surface area (Å²) >= 11 is 0. The third kappa shape index (κ3) is 5.56. The lowest BCUT2D eigenvalue weighted by atomic mass is 10.1. The number of hydrogen-bond donors (Lipinski definition) is 0. The normalized spacial score (nSPS) is 17.2. The molecule has 0 amide bonds. The first-order valence-electron chi connectivity index (χ1n) is 7.94. The van der Waals surface area contributed by atoms with Crippen LogP contribution in [0.1, 0.15) is 48.5 Å². The second kappa shape index (κ2) is 6.50. The number of nitrogens with zero attached hydrogens (tertiary/aromatic N) is 1. The molecule has 0 aliphatic carbocycles. The zero-order valence-corrected chi connectivity index (χ0v) is 18.4. The van der Waals surface area contributed by atoms with Crippen LogP contribution in [0.2, 0.25) is 36.3 Å². The van der Waals surface area contributed by atoms with Gasteiger partial charge in [0, 0.05) is 0 Å². The highest BCUT2D eigenvalue weighted by atomic mass is 28.4. The lowest BCUT2D eigenvalue weighted by molar-refractivity contribution is 0.175. The van der Waals surface area contributed by atoms with Crippen LogP contribution in [-0.2, 0) is 8.85 Å². The van der Waals surface area contributed by atoms with Crippen molar-refractivity contribution in [1.82, 2.24) is 0 Å². The highest BCUT2D eigenvalue weighted by Gasteiger charge is 2.43. The molecule has 0 aromatic heterocycles. The van der Waals surface area contributed by atoms with E-state index in [0.29, 0.717) is 0 Å². The third-order valence-electron chi connectivity index (χ3n) is 5.05. The summed E-state index contributed by atoms with van der Waals surface area (Å²) in [5, 5.41) is 9.76. The summed E-state index contributed by atoms with van der Waals surface area (Å²) in [5.74, 6) is 0. The fraction of sp³-hybridized carbons (Fsp3) is 0.824. The van der Waals surface area contributed by atoms with Gasteiger partial charge in [-0.3, -0.25) is 0 Å². The molecule has 0 rings (SSSR count). The monoisotopic (exact) mass is 341 g/mol. The van der Waals surface area contributed by atoms with E-state index in [0.717, 1.165) is 0 Å². The molecule has 0 N–H and O–H groups in total. The first kappa shape index (κ1) is 21.4. The maximum absolute atomic E-state index is 9.56. The lowest BCUT2D eigenvalue weighted by Gasteiger charge is -2.40. The Kier molecular flexibility index (Phi) is 6.33. The van der Waals surface area contributed by atoms with Crippen molar-refractivity contribution in [3.63, 3.8) is 0 Å². The van der Waals surface area contributed by atoms with Gasteiger partial charge in [0.2, 0.25) is 8.32 Å². The molecule has 0 aromatic rings. The average molecular weight is 342 g/mol. The van der Waals surface area contributed by atoms with E-state index in [-0.39, 0.29) is 10.1 Å². The van der Waals surface area contributed by atoms with Crippen molar-refractivity contribution in [3.05, 3.63) is 12.3 Å². The highest BCUT2D eigenvalue weighted by molar-refractivity contribution is 6.74. The van der Waals surface area contributed by atoms with E-state index < -0.39 is 22.2 Å². The van der Waals surface area contributed by atoms with E-state index >= 15 is 0 Å². The zero-order valence-electron chi connectivity index (χ0n) is 16.4. The second-order valence-electron chi connectivity index (χ2n) is 9.26. The van der Waals surface area contributed by atoms with Crippen molar-refractivity contribution < 1.29 is 8.85 Å². The Bertz CT molecular complexity index is 451. The van der Waals surface area contributed by atoms with Gasteiger partial charge in [-0.05, 0) is 49.3 Å². The topological polar surface area (TPSA) is 42.2 Å². The van der Waals surface area contributed by atoms with Crippen molar-refractivity contribution in [3.8, 4) is 6.07 Å². The number of hydrogen-bond acceptors (Lipinski definition) is 3. The van der Waals surface area contributed by atoms with Gasteiger partial charge in [-0.1, -0.05) is 41.5 Å². The molecular weight excluding hydrogens is 306 g/mol. The summed E-state index contributed by atoms with van der Waals surface area (Å²) in [6.07, 6.45) is 3.46. The minimum atomic E-state index is -2.01. The molecule has 0 saturated heterocycles. The molecule has 5 heteroatoms. The van der Waals surface area contributed by atoms with Crippen LogP contribution in [-0.4, -0.2) is 22.2 Å². The van der Waals surface area contributed by atoms with Crippen molar-refractivity contribution in [1.29, 1.82) is 5.26 Å². The highest BCUT2D eigenvalue weighted by Crippen LogP contribution is 2.40. The summed E-state index contributed by atoms with van der Waals surface area (Å²) in [6.45, 7) is 23.6. The molecule has 0 fully saturated rings. The second-order valence-corrected chi connectivity index (χ2v) is 18.7. The lowest BCUT2D eigenvalue weighted by Crippen LogP contribution is -2.47. The molecule has 1 unspecified atom stereocenters. The number of rotatable bonds is 5. The smallest absolute Gasteiger partial charge is 0.249 e. The van der Waals surface area contributed by atoms with Gasteiger partial charge in [-0.2, -0.15) is 5.26 Å². The van der Waals surface area contributed by atoms with Gasteiger partial charge in [0.25, 0.3) is 0 Å². The molecule has 0 aromatic carbocycles. The molecule has 3 nitrogen and oxygen atoms in total. The predicted octanol–water partition coefficient (Wildman–Crippen LogP) is 5.83. The molecule has 0 bridgehead atoms. The van der Waals surface area contributed by atoms with E-state index in [1.165, 1.54) is 0 Å². The molecule has 0 aliphatic rings. The Morgan fingerprint density at radius 3 is 1.55 bits per heavy atom. The van der Waals surface area contributed by atoms with Crippen LogP contribution < -0.4 is 0 Å². The van der Waals surface area contributed by atoms with Crippen LogP contribution in [0, 0.1) is 11.3 Å². The predicted molar refractivity (Wildman–Crippen MR) is 99.7 cm³/mol. The first-order valence-corrected chi connectivity index (χ1v) is 13.8. The van der Waals surface area contributed by atoms with Gasteiger partial charge >= 0.3 is 0 Å². The summed E-state index contributed by atoms with van der Waals surface area (Å²) in [5.41, 5.74) is -0.939. The summed E-state index contributed by atoms with van der Waals surface area (Å²) in [7, 11) is -3.86. The summed E-state index contributed by atoms with van der Waals surface area (Å²) < 4.78 is 12.3. The summed E-state index contributed by atoms with van der Waals surface area (Å²) in [4.78, 5) is 0. The number of nitriles is 1. The van der Waals surface area contributed by atoms with E-state index in [4.69, 9.17) is 8.85 Å². The van der Waals surface area contributed by atoms with Gasteiger partial charge in [-0.25, -0.2) is 0 Å². The van der Waals surface area contributed by atoms with Crippen LogP contribution in [0.15, 0.2) is 12.3 Å². The SMILES string of the molecule is CC(C#N)(/C=C\O[Si](C)(C)C(C)(C)C)O[Si](C)(C)C(C)(C)C. The molecular formula is C17H35NO2Si2. The van der Waals surface area contributed by atoms with Gasteiger partial charge in [0.15, 0.2) is 13.9 Å². The maximum Gasteiger partial charge on any atom is 0.249 e. The largest absolute Gasteiger partial charge is 0.549 e. The molecule has 0 spiro atoms. The molecule has 22 heavy (non-hydrogen) atoms. The van der Waals surface area contributed by atoms with E-state index in [2.05, 4.69) is 73.8 Å². The Labute approximate surface area is 140 Å². The van der Waals surface area contributed by atoms with Crippen LogP contribution in [0.5, 0.6) is 0 Å². The van der Waals surface area contributed by atoms with Crippen molar-refractivity contribution in [2.75, 3.05) is 0 Å². The van der Waals surface area contributed by atoms with Gasteiger partial charge in [0.1, 0.15) is 6.07 Å². The quantitative estimate of drug-likeness (QED) is 0.467. The first-order chi connectivity index (χ1) is 9.47. The average Bonchev–Trinajstić information content (AvgIpc) is 2.24. The Morgan fingerprint density at radius 1 is 0.818 bits per heavy atom. The Hall–Kier alpha value is -0.576. The molecule has 0 heterocycles. The van der Waals surface area contributed by atoms with Gasteiger partial charge in [0.05, 0.1) is 6.26 Å². The van der Waals surface area contributed by atoms with Gasteiger partial charge in [-0.15, -0.1) is 0 Å². The molecule has 128 valence electrons. The van der Waals surface area contributed by atoms with E-state index in [9.17, 15) is 5.26 Å². The molecule has 0 radical (unpaired) electrons.